The highest BCUT2D eigenvalue weighted by molar-refractivity contribution is 5.88. The lowest BCUT2D eigenvalue weighted by atomic mass is 9.89. The van der Waals surface area contributed by atoms with Gasteiger partial charge in [-0.25, -0.2) is 0 Å². The van der Waals surface area contributed by atoms with Gasteiger partial charge in [0.1, 0.15) is 0 Å². The van der Waals surface area contributed by atoms with Crippen LogP contribution in [0.1, 0.15) is 34.0 Å². The maximum absolute atomic E-state index is 4.36. The van der Waals surface area contributed by atoms with Crippen LogP contribution in [0, 0.1) is 13.8 Å². The smallest absolute Gasteiger partial charge is 0.0489 e. The molecule has 0 saturated heterocycles. The van der Waals surface area contributed by atoms with E-state index in [0.717, 1.165) is 25.3 Å². The molecule has 0 saturated carbocycles. The fraction of sp³-hybridized carbons (Fsp3) is 0.318. The highest BCUT2D eigenvalue weighted by atomic mass is 15.1. The van der Waals surface area contributed by atoms with Crippen molar-refractivity contribution < 1.29 is 0 Å². The Balaban J connectivity index is 1.73. The Morgan fingerprint density at radius 2 is 1.96 bits per heavy atom. The molecule has 126 valence electrons. The summed E-state index contributed by atoms with van der Waals surface area (Å²) in [7, 11) is 2.24. The molecule has 5 rings (SSSR count). The van der Waals surface area contributed by atoms with Crippen LogP contribution in [0.3, 0.4) is 0 Å². The Hall–Kier alpha value is -2.39. The molecule has 3 aromatic rings. The molecule has 0 spiro atoms. The van der Waals surface area contributed by atoms with Crippen LogP contribution in [0.5, 0.6) is 0 Å². The largest absolute Gasteiger partial charge is 0.339 e. The Labute approximate surface area is 148 Å². The average Bonchev–Trinajstić information content (AvgIpc) is 2.89. The molecule has 25 heavy (non-hydrogen) atoms. The van der Waals surface area contributed by atoms with Crippen molar-refractivity contribution in [3.05, 3.63) is 70.7 Å². The third kappa shape index (κ3) is 2.26. The number of rotatable bonds is 1. The van der Waals surface area contributed by atoms with E-state index < -0.39 is 0 Å². The summed E-state index contributed by atoms with van der Waals surface area (Å²) >= 11 is 0. The van der Waals surface area contributed by atoms with Crippen molar-refractivity contribution in [1.82, 2.24) is 14.5 Å². The molecular weight excluding hydrogens is 306 g/mol. The predicted molar refractivity (Wildman–Crippen MR) is 103 cm³/mol. The number of pyridine rings is 1. The molecule has 2 aliphatic heterocycles. The Morgan fingerprint density at radius 1 is 1.08 bits per heavy atom. The second-order valence-corrected chi connectivity index (χ2v) is 7.65. The normalized spacial score (nSPS) is 19.8. The van der Waals surface area contributed by atoms with Gasteiger partial charge in [-0.1, -0.05) is 17.7 Å². The Kier molecular flexibility index (Phi) is 3.16. The van der Waals surface area contributed by atoms with Gasteiger partial charge in [0.25, 0.3) is 0 Å². The van der Waals surface area contributed by atoms with E-state index >= 15 is 0 Å². The number of hydrogen-bond acceptors (Lipinski definition) is 2. The number of likely N-dealkylation sites (N-methyl/N-ethyl adjacent to an activating group) is 1. The van der Waals surface area contributed by atoms with Crippen LogP contribution in [0.25, 0.3) is 16.5 Å². The van der Waals surface area contributed by atoms with Gasteiger partial charge in [-0.05, 0) is 61.9 Å². The van der Waals surface area contributed by atoms with E-state index in [9.17, 15) is 0 Å². The summed E-state index contributed by atoms with van der Waals surface area (Å²) in [5, 5.41) is 1.44. The van der Waals surface area contributed by atoms with E-state index in [0.29, 0.717) is 5.92 Å². The summed E-state index contributed by atoms with van der Waals surface area (Å²) in [6.45, 7) is 7.36. The Morgan fingerprint density at radius 3 is 2.80 bits per heavy atom. The molecule has 4 heterocycles. The summed E-state index contributed by atoms with van der Waals surface area (Å²) in [5.41, 5.74) is 9.59. The summed E-state index contributed by atoms with van der Waals surface area (Å²) in [4.78, 5) is 6.82. The third-order valence-electron chi connectivity index (χ3n) is 5.65. The van der Waals surface area contributed by atoms with Gasteiger partial charge in [0.05, 0.1) is 0 Å². The third-order valence-corrected chi connectivity index (χ3v) is 5.65. The SMILES string of the molecule is Cc1ccc2c(c1)c1c3n2CC(c2ccnc(C)c2)=CC3CN(C)C1. The number of nitrogens with zero attached hydrogens (tertiary/aromatic N) is 3. The number of aryl methyl sites for hydroxylation is 2. The molecule has 3 nitrogen and oxygen atoms in total. The van der Waals surface area contributed by atoms with Crippen LogP contribution in [0.2, 0.25) is 0 Å². The number of hydrogen-bond donors (Lipinski definition) is 0. The van der Waals surface area contributed by atoms with E-state index in [4.69, 9.17) is 0 Å². The summed E-state index contributed by atoms with van der Waals surface area (Å²) in [6.07, 6.45) is 4.42. The minimum absolute atomic E-state index is 0.471. The first-order chi connectivity index (χ1) is 12.1. The molecule has 0 bridgehead atoms. The van der Waals surface area contributed by atoms with Crippen LogP contribution in [0.15, 0.2) is 42.6 Å². The van der Waals surface area contributed by atoms with E-state index in [-0.39, 0.29) is 0 Å². The van der Waals surface area contributed by atoms with E-state index in [1.807, 2.05) is 6.20 Å². The minimum Gasteiger partial charge on any atom is -0.339 e. The fourth-order valence-electron chi connectivity index (χ4n) is 4.61. The van der Waals surface area contributed by atoms with Crippen molar-refractivity contribution in [3.63, 3.8) is 0 Å². The quantitative estimate of drug-likeness (QED) is 0.664. The molecule has 0 radical (unpaired) electrons. The van der Waals surface area contributed by atoms with Crippen LogP contribution >= 0.6 is 0 Å². The van der Waals surface area contributed by atoms with E-state index in [1.54, 1.807) is 0 Å². The van der Waals surface area contributed by atoms with Crippen molar-refractivity contribution in [1.29, 1.82) is 0 Å². The maximum Gasteiger partial charge on any atom is 0.0489 e. The molecule has 1 aromatic carbocycles. The summed E-state index contributed by atoms with van der Waals surface area (Å²) in [5.74, 6) is 0.471. The highest BCUT2D eigenvalue weighted by Gasteiger charge is 2.32. The average molecular weight is 329 g/mol. The zero-order valence-corrected chi connectivity index (χ0v) is 15.1. The molecule has 0 fully saturated rings. The van der Waals surface area contributed by atoms with Gasteiger partial charge in [0.15, 0.2) is 0 Å². The molecule has 3 heteroatoms. The zero-order chi connectivity index (χ0) is 17.1. The molecule has 0 amide bonds. The van der Waals surface area contributed by atoms with Gasteiger partial charge in [-0.3, -0.25) is 4.98 Å². The molecule has 0 N–H and O–H groups in total. The van der Waals surface area contributed by atoms with Crippen molar-refractivity contribution in [2.75, 3.05) is 13.6 Å². The van der Waals surface area contributed by atoms with Crippen molar-refractivity contribution in [2.24, 2.45) is 0 Å². The first-order valence-corrected chi connectivity index (χ1v) is 9.04. The molecule has 0 aliphatic carbocycles. The van der Waals surface area contributed by atoms with Crippen LogP contribution < -0.4 is 0 Å². The first kappa shape index (κ1) is 14.9. The van der Waals surface area contributed by atoms with Crippen LogP contribution in [-0.4, -0.2) is 28.0 Å². The van der Waals surface area contributed by atoms with Crippen molar-refractivity contribution >= 4 is 16.5 Å². The number of fused-ring (bicyclic) bond motifs is 3. The molecule has 1 atom stereocenters. The standard InChI is InChI=1S/C22H23N3/c1-14-4-5-21-19(8-14)20-13-24(3)11-18-10-17(12-25(21)22(18)20)16-6-7-23-15(2)9-16/h4-10,18H,11-13H2,1-3H3. The first-order valence-electron chi connectivity index (χ1n) is 9.04. The van der Waals surface area contributed by atoms with Crippen molar-refractivity contribution in [3.8, 4) is 0 Å². The zero-order valence-electron chi connectivity index (χ0n) is 15.1. The van der Waals surface area contributed by atoms with E-state index in [1.165, 1.54) is 38.9 Å². The number of allylic oxidation sites excluding steroid dienone is 1. The van der Waals surface area contributed by atoms with Gasteiger partial charge in [0.2, 0.25) is 0 Å². The second kappa shape index (κ2) is 5.30. The topological polar surface area (TPSA) is 21.1 Å². The summed E-state index contributed by atoms with van der Waals surface area (Å²) < 4.78 is 2.56. The highest BCUT2D eigenvalue weighted by Crippen LogP contribution is 2.42. The molecule has 1 unspecified atom stereocenters. The molecule has 2 aromatic heterocycles. The fourth-order valence-corrected chi connectivity index (χ4v) is 4.61. The van der Waals surface area contributed by atoms with Crippen LogP contribution in [0.4, 0.5) is 0 Å². The summed E-state index contributed by atoms with van der Waals surface area (Å²) in [6, 6.07) is 11.3. The Bertz CT molecular complexity index is 1030. The van der Waals surface area contributed by atoms with E-state index in [2.05, 4.69) is 71.8 Å². The predicted octanol–water partition coefficient (Wildman–Crippen LogP) is 4.28. The van der Waals surface area contributed by atoms with Crippen LogP contribution in [-0.2, 0) is 13.1 Å². The second-order valence-electron chi connectivity index (χ2n) is 7.65. The van der Waals surface area contributed by atoms with Gasteiger partial charge in [-0.15, -0.1) is 0 Å². The minimum atomic E-state index is 0.471. The van der Waals surface area contributed by atoms with Gasteiger partial charge >= 0.3 is 0 Å². The molecule has 2 aliphatic rings. The molecular formula is C22H23N3. The lowest BCUT2D eigenvalue weighted by molar-refractivity contribution is 0.292. The number of benzene rings is 1. The van der Waals surface area contributed by atoms with Gasteiger partial charge in [-0.2, -0.15) is 0 Å². The number of aromatic nitrogens is 2. The van der Waals surface area contributed by atoms with Gasteiger partial charge < -0.3 is 9.47 Å². The lowest BCUT2D eigenvalue weighted by Gasteiger charge is -2.34. The van der Waals surface area contributed by atoms with Crippen molar-refractivity contribution in [2.45, 2.75) is 32.9 Å². The van der Waals surface area contributed by atoms with Gasteiger partial charge in [0, 0.05) is 54.0 Å². The maximum atomic E-state index is 4.36. The lowest BCUT2D eigenvalue weighted by Crippen LogP contribution is -2.32. The monoisotopic (exact) mass is 329 g/mol.